The van der Waals surface area contributed by atoms with Crippen molar-refractivity contribution in [1.82, 2.24) is 4.98 Å². The molecule has 1 N–H and O–H groups in total. The molecule has 124 valence electrons. The van der Waals surface area contributed by atoms with Crippen molar-refractivity contribution in [3.05, 3.63) is 62.5 Å². The molecule has 2 heterocycles. The van der Waals surface area contributed by atoms with Crippen LogP contribution in [0.25, 0.3) is 0 Å². The zero-order chi connectivity index (χ0) is 17.1. The molecule has 0 unspecified atom stereocenters. The van der Waals surface area contributed by atoms with Crippen LogP contribution in [-0.4, -0.2) is 10.9 Å². The summed E-state index contributed by atoms with van der Waals surface area (Å²) in [6.45, 7) is 4.21. The molecule has 3 aromatic rings. The Hall–Kier alpha value is -2.25. The number of rotatable bonds is 5. The number of aromatic nitrogens is 1. The summed E-state index contributed by atoms with van der Waals surface area (Å²) in [5, 5.41) is 5.29. The van der Waals surface area contributed by atoms with E-state index in [9.17, 15) is 9.18 Å². The van der Waals surface area contributed by atoms with Crippen LogP contribution in [0.3, 0.4) is 0 Å². The van der Waals surface area contributed by atoms with Gasteiger partial charge in [0.1, 0.15) is 18.2 Å². The van der Waals surface area contributed by atoms with E-state index >= 15 is 0 Å². The standard InChI is InChI=1S/C17H15FN2O2S2/c1-10-11(2)24-17(19-10)20-16(21)15-7-12(9-23-15)8-22-14-5-3-13(18)4-6-14/h3-7,9H,8H2,1-2H3,(H,19,20,21). The lowest BCUT2D eigenvalue weighted by molar-refractivity contribution is 0.103. The van der Waals surface area contributed by atoms with Crippen LogP contribution in [0.1, 0.15) is 25.8 Å². The number of hydrogen-bond acceptors (Lipinski definition) is 5. The van der Waals surface area contributed by atoms with Crippen LogP contribution >= 0.6 is 22.7 Å². The summed E-state index contributed by atoms with van der Waals surface area (Å²) in [7, 11) is 0. The van der Waals surface area contributed by atoms with Crippen molar-refractivity contribution in [1.29, 1.82) is 0 Å². The number of anilines is 1. The van der Waals surface area contributed by atoms with E-state index in [1.807, 2.05) is 19.2 Å². The smallest absolute Gasteiger partial charge is 0.267 e. The number of benzene rings is 1. The van der Waals surface area contributed by atoms with Crippen molar-refractivity contribution in [2.24, 2.45) is 0 Å². The van der Waals surface area contributed by atoms with Crippen LogP contribution in [0.5, 0.6) is 5.75 Å². The largest absolute Gasteiger partial charge is 0.489 e. The molecule has 0 fully saturated rings. The molecule has 0 atom stereocenters. The zero-order valence-corrected chi connectivity index (χ0v) is 14.8. The molecule has 24 heavy (non-hydrogen) atoms. The predicted molar refractivity (Wildman–Crippen MR) is 94.6 cm³/mol. The molecule has 0 aliphatic rings. The first-order valence-corrected chi connectivity index (χ1v) is 8.92. The number of nitrogens with zero attached hydrogens (tertiary/aromatic N) is 1. The molecule has 0 aliphatic heterocycles. The van der Waals surface area contributed by atoms with Crippen molar-refractivity contribution in [3.63, 3.8) is 0 Å². The fourth-order valence-corrected chi connectivity index (χ4v) is 3.55. The van der Waals surface area contributed by atoms with Gasteiger partial charge >= 0.3 is 0 Å². The van der Waals surface area contributed by atoms with Crippen LogP contribution in [0, 0.1) is 19.7 Å². The second-order valence-electron chi connectivity index (χ2n) is 5.18. The summed E-state index contributed by atoms with van der Waals surface area (Å²) in [5.74, 6) is 0.105. The Morgan fingerprint density at radius 3 is 2.71 bits per heavy atom. The van der Waals surface area contributed by atoms with Gasteiger partial charge in [0.15, 0.2) is 5.13 Å². The maximum Gasteiger partial charge on any atom is 0.267 e. The van der Waals surface area contributed by atoms with Gasteiger partial charge in [-0.2, -0.15) is 0 Å². The van der Waals surface area contributed by atoms with Crippen LogP contribution < -0.4 is 10.1 Å². The van der Waals surface area contributed by atoms with Gasteiger partial charge in [0, 0.05) is 10.4 Å². The third kappa shape index (κ3) is 3.98. The summed E-state index contributed by atoms with van der Waals surface area (Å²) in [4.78, 5) is 18.2. The monoisotopic (exact) mass is 362 g/mol. The van der Waals surface area contributed by atoms with Gasteiger partial charge in [-0.1, -0.05) is 0 Å². The van der Waals surface area contributed by atoms with Crippen LogP contribution in [-0.2, 0) is 6.61 Å². The van der Waals surface area contributed by atoms with Gasteiger partial charge in [0.2, 0.25) is 0 Å². The number of thiophene rings is 1. The summed E-state index contributed by atoms with van der Waals surface area (Å²) in [6, 6.07) is 7.63. The normalized spacial score (nSPS) is 10.6. The second-order valence-corrected chi connectivity index (χ2v) is 7.29. The van der Waals surface area contributed by atoms with E-state index in [4.69, 9.17) is 4.74 Å². The van der Waals surface area contributed by atoms with Gasteiger partial charge in [-0.05, 0) is 49.6 Å². The number of nitrogens with one attached hydrogen (secondary N) is 1. The van der Waals surface area contributed by atoms with E-state index in [1.165, 1.54) is 34.8 Å². The molecule has 0 aliphatic carbocycles. The lowest BCUT2D eigenvalue weighted by Crippen LogP contribution is -2.09. The molecular weight excluding hydrogens is 347 g/mol. The molecule has 0 saturated heterocycles. The third-order valence-electron chi connectivity index (χ3n) is 3.35. The quantitative estimate of drug-likeness (QED) is 0.710. The van der Waals surface area contributed by atoms with Gasteiger partial charge in [-0.25, -0.2) is 9.37 Å². The highest BCUT2D eigenvalue weighted by molar-refractivity contribution is 7.16. The zero-order valence-electron chi connectivity index (χ0n) is 13.1. The Labute approximate surface area is 146 Å². The minimum Gasteiger partial charge on any atom is -0.489 e. The van der Waals surface area contributed by atoms with E-state index < -0.39 is 0 Å². The second kappa shape index (κ2) is 7.11. The maximum atomic E-state index is 12.8. The van der Waals surface area contributed by atoms with E-state index in [1.54, 1.807) is 18.2 Å². The molecule has 2 aromatic heterocycles. The molecule has 0 radical (unpaired) electrons. The van der Waals surface area contributed by atoms with Gasteiger partial charge in [0.05, 0.1) is 10.6 Å². The molecule has 0 spiro atoms. The summed E-state index contributed by atoms with van der Waals surface area (Å²) < 4.78 is 18.4. The van der Waals surface area contributed by atoms with Gasteiger partial charge in [-0.3, -0.25) is 10.1 Å². The number of halogens is 1. The average molecular weight is 362 g/mol. The molecule has 3 rings (SSSR count). The molecule has 4 nitrogen and oxygen atoms in total. The Bertz CT molecular complexity index is 836. The summed E-state index contributed by atoms with van der Waals surface area (Å²) in [5.41, 5.74) is 1.82. The van der Waals surface area contributed by atoms with Gasteiger partial charge in [0.25, 0.3) is 5.91 Å². The minimum atomic E-state index is -0.301. The molecule has 1 aromatic carbocycles. The fourth-order valence-electron chi connectivity index (χ4n) is 1.95. The number of amides is 1. The van der Waals surface area contributed by atoms with E-state index in [2.05, 4.69) is 10.3 Å². The van der Waals surface area contributed by atoms with Crippen LogP contribution in [0.4, 0.5) is 9.52 Å². The highest BCUT2D eigenvalue weighted by Gasteiger charge is 2.12. The van der Waals surface area contributed by atoms with Gasteiger partial charge < -0.3 is 4.74 Å². The summed E-state index contributed by atoms with van der Waals surface area (Å²) in [6.07, 6.45) is 0. The molecule has 1 amide bonds. The Balaban J connectivity index is 1.60. The van der Waals surface area contributed by atoms with Crippen molar-refractivity contribution < 1.29 is 13.9 Å². The molecule has 7 heteroatoms. The fraction of sp³-hybridized carbons (Fsp3) is 0.176. The highest BCUT2D eigenvalue weighted by Crippen LogP contribution is 2.23. The third-order valence-corrected chi connectivity index (χ3v) is 5.31. The Morgan fingerprint density at radius 1 is 1.29 bits per heavy atom. The molecule has 0 bridgehead atoms. The summed E-state index contributed by atoms with van der Waals surface area (Å²) >= 11 is 2.81. The molecule has 0 saturated carbocycles. The Morgan fingerprint density at radius 2 is 2.04 bits per heavy atom. The number of carbonyl (C=O) groups excluding carboxylic acids is 1. The number of thiazole rings is 1. The van der Waals surface area contributed by atoms with Crippen LogP contribution in [0.2, 0.25) is 0 Å². The number of hydrogen-bond donors (Lipinski definition) is 1. The lowest BCUT2D eigenvalue weighted by Gasteiger charge is -2.04. The SMILES string of the molecule is Cc1nc(NC(=O)c2cc(COc3ccc(F)cc3)cs2)sc1C. The predicted octanol–water partition coefficient (Wildman–Crippen LogP) is 4.79. The minimum absolute atomic E-state index is 0.179. The molecular formula is C17H15FN2O2S2. The van der Waals surface area contributed by atoms with Crippen molar-refractivity contribution in [3.8, 4) is 5.75 Å². The van der Waals surface area contributed by atoms with E-state index in [0.717, 1.165) is 16.1 Å². The van der Waals surface area contributed by atoms with E-state index in [-0.39, 0.29) is 11.7 Å². The van der Waals surface area contributed by atoms with Gasteiger partial charge in [-0.15, -0.1) is 22.7 Å². The highest BCUT2D eigenvalue weighted by atomic mass is 32.1. The number of ether oxygens (including phenoxy) is 1. The average Bonchev–Trinajstić information content (AvgIpc) is 3.14. The lowest BCUT2D eigenvalue weighted by atomic mass is 10.3. The number of aryl methyl sites for hydroxylation is 2. The van der Waals surface area contributed by atoms with Crippen molar-refractivity contribution in [2.75, 3.05) is 5.32 Å². The van der Waals surface area contributed by atoms with Crippen LogP contribution in [0.15, 0.2) is 35.7 Å². The first kappa shape index (κ1) is 16.6. The number of carbonyl (C=O) groups is 1. The topological polar surface area (TPSA) is 51.2 Å². The maximum absolute atomic E-state index is 12.8. The first-order valence-electron chi connectivity index (χ1n) is 7.22. The first-order chi connectivity index (χ1) is 11.5. The van der Waals surface area contributed by atoms with Crippen molar-refractivity contribution in [2.45, 2.75) is 20.5 Å². The van der Waals surface area contributed by atoms with E-state index in [0.29, 0.717) is 22.4 Å². The Kier molecular flexibility index (Phi) is 4.92. The van der Waals surface area contributed by atoms with Crippen molar-refractivity contribution >= 4 is 33.7 Å².